The first-order chi connectivity index (χ1) is 4.33. The molecule has 0 rings (SSSR count). The highest BCUT2D eigenvalue weighted by Gasteiger charge is 1.34. The summed E-state index contributed by atoms with van der Waals surface area (Å²) >= 11 is 0. The maximum atomic E-state index is 7.57. The highest BCUT2D eigenvalue weighted by Crippen LogP contribution is 1.52. The van der Waals surface area contributed by atoms with E-state index in [-0.39, 0.29) is 6.61 Å². The predicted molar refractivity (Wildman–Crippen MR) is 44.4 cm³/mol. The minimum Gasteiger partial charge on any atom is -0.397 e. The maximum absolute atomic E-state index is 7.57. The van der Waals surface area contributed by atoms with E-state index >= 15 is 0 Å². The van der Waals surface area contributed by atoms with Gasteiger partial charge in [0.15, 0.2) is 0 Å². The van der Waals surface area contributed by atoms with E-state index in [1.165, 1.54) is 0 Å². The van der Waals surface area contributed by atoms with Crippen molar-refractivity contribution < 1.29 is 5.11 Å². The minimum atomic E-state index is 0.250. The van der Waals surface area contributed by atoms with Crippen molar-refractivity contribution in [3.8, 4) is 0 Å². The van der Waals surface area contributed by atoms with Gasteiger partial charge in [0.2, 0.25) is 0 Å². The molecule has 1 N–H and O–H groups in total. The maximum Gasteiger partial charge on any atom is 0.0402 e. The molecule has 0 radical (unpaired) electrons. The zero-order valence-corrected chi connectivity index (χ0v) is 6.14. The normalized spacial score (nSPS) is 4.67. The molecular weight excluding hydrogens is 112 g/mol. The van der Waals surface area contributed by atoms with Crippen molar-refractivity contribution in [3.63, 3.8) is 0 Å². The van der Waals surface area contributed by atoms with E-state index in [0.29, 0.717) is 0 Å². The van der Waals surface area contributed by atoms with Crippen molar-refractivity contribution in [1.82, 2.24) is 0 Å². The Morgan fingerprint density at radius 2 is 1.33 bits per heavy atom. The molecule has 0 amide bonds. The molecule has 0 aromatic rings. The Morgan fingerprint density at radius 3 is 1.33 bits per heavy atom. The number of rotatable bonds is 1. The van der Waals surface area contributed by atoms with Crippen LogP contribution in [0.15, 0.2) is 38.5 Å². The van der Waals surface area contributed by atoms with Crippen LogP contribution in [0.25, 0.3) is 0 Å². The van der Waals surface area contributed by atoms with Gasteiger partial charge in [0.05, 0.1) is 0 Å². The number of hydrogen-bond acceptors (Lipinski definition) is 1. The molecule has 0 aliphatic carbocycles. The zero-order valence-electron chi connectivity index (χ0n) is 6.14. The summed E-state index contributed by atoms with van der Waals surface area (Å²) < 4.78 is 0. The van der Waals surface area contributed by atoms with E-state index in [4.69, 9.17) is 5.11 Å². The van der Waals surface area contributed by atoms with Gasteiger partial charge >= 0.3 is 0 Å². The van der Waals surface area contributed by atoms with Crippen molar-refractivity contribution in [1.29, 1.82) is 0 Å². The van der Waals surface area contributed by atoms with Crippen LogP contribution in [-0.4, -0.2) is 11.7 Å². The third kappa shape index (κ3) is 5950. The Hall–Kier alpha value is -0.820. The fourth-order valence-electron chi connectivity index (χ4n) is 0. The molecule has 0 heterocycles. The van der Waals surface area contributed by atoms with E-state index in [2.05, 4.69) is 26.3 Å². The lowest BCUT2D eigenvalue weighted by molar-refractivity contribution is 0.318. The first-order valence-electron chi connectivity index (χ1n) is 2.67. The molecule has 0 aliphatic heterocycles. The summed E-state index contributed by atoms with van der Waals surface area (Å²) in [6.45, 7) is 14.7. The van der Waals surface area contributed by atoms with Crippen LogP contribution in [-0.2, 0) is 0 Å². The van der Waals surface area contributed by atoms with E-state index in [0.717, 1.165) is 0 Å². The Kier molecular flexibility index (Phi) is 101. The lowest BCUT2D eigenvalue weighted by Gasteiger charge is -1.52. The Morgan fingerprint density at radius 1 is 1.22 bits per heavy atom. The van der Waals surface area contributed by atoms with E-state index in [1.807, 2.05) is 0 Å². The summed E-state index contributed by atoms with van der Waals surface area (Å²) in [7, 11) is 0. The van der Waals surface area contributed by atoms with E-state index in [1.54, 1.807) is 19.1 Å². The summed E-state index contributed by atoms with van der Waals surface area (Å²) in [6.07, 6.45) is 3.28. The van der Waals surface area contributed by atoms with Gasteiger partial charge in [0, 0.05) is 6.61 Å². The second-order valence-corrected chi connectivity index (χ2v) is 0.788. The Bertz CT molecular complexity index is 42.5. The molecule has 0 aromatic heterocycles. The van der Waals surface area contributed by atoms with Crippen molar-refractivity contribution in [3.05, 3.63) is 38.5 Å². The SMILES string of the molecule is C=C.C=CC=C.CCO. The topological polar surface area (TPSA) is 20.2 Å². The molecule has 54 valence electrons. The Labute approximate surface area is 58.0 Å². The second-order valence-electron chi connectivity index (χ2n) is 0.788. The molecule has 0 spiro atoms. The first-order valence-corrected chi connectivity index (χ1v) is 2.67. The van der Waals surface area contributed by atoms with Crippen molar-refractivity contribution in [2.75, 3.05) is 6.61 Å². The fourth-order valence-corrected chi connectivity index (χ4v) is 0. The van der Waals surface area contributed by atoms with Gasteiger partial charge in [-0.15, -0.1) is 13.2 Å². The van der Waals surface area contributed by atoms with Gasteiger partial charge < -0.3 is 5.11 Å². The van der Waals surface area contributed by atoms with Gasteiger partial charge in [-0.2, -0.15) is 0 Å². The van der Waals surface area contributed by atoms with Crippen LogP contribution in [0.5, 0.6) is 0 Å². The summed E-state index contributed by atoms with van der Waals surface area (Å²) in [5.41, 5.74) is 0. The van der Waals surface area contributed by atoms with Crippen LogP contribution in [0.3, 0.4) is 0 Å². The number of allylic oxidation sites excluding steroid dienone is 2. The Balaban J connectivity index is -0.0000000646. The monoisotopic (exact) mass is 128 g/mol. The van der Waals surface area contributed by atoms with Gasteiger partial charge in [-0.25, -0.2) is 0 Å². The van der Waals surface area contributed by atoms with Gasteiger partial charge in [0.1, 0.15) is 0 Å². The smallest absolute Gasteiger partial charge is 0.0402 e. The molecule has 9 heavy (non-hydrogen) atoms. The summed E-state index contributed by atoms with van der Waals surface area (Å²) in [5, 5.41) is 7.57. The van der Waals surface area contributed by atoms with Crippen LogP contribution in [0.4, 0.5) is 0 Å². The van der Waals surface area contributed by atoms with Crippen molar-refractivity contribution in [2.24, 2.45) is 0 Å². The average molecular weight is 128 g/mol. The third-order valence-corrected chi connectivity index (χ3v) is 0.167. The molecule has 0 atom stereocenters. The summed E-state index contributed by atoms with van der Waals surface area (Å²) in [4.78, 5) is 0. The van der Waals surface area contributed by atoms with Crippen LogP contribution in [0, 0.1) is 0 Å². The predicted octanol–water partition coefficient (Wildman–Crippen LogP) is 2.16. The number of hydrogen-bond donors (Lipinski definition) is 1. The molecule has 0 fully saturated rings. The van der Waals surface area contributed by atoms with Gasteiger partial charge in [-0.3, -0.25) is 0 Å². The second kappa shape index (κ2) is 57.7. The quantitative estimate of drug-likeness (QED) is 0.424. The van der Waals surface area contributed by atoms with E-state index < -0.39 is 0 Å². The first kappa shape index (κ1) is 15.7. The molecular formula is C8H16O. The standard InChI is InChI=1S/C4H6.C2H6O.C2H4/c1-3-4-2;1-2-3;1-2/h3-4H,1-2H2;3H,2H2,1H3;1-2H2. The lowest BCUT2D eigenvalue weighted by atomic mass is 10.6. The molecule has 0 saturated carbocycles. The minimum absolute atomic E-state index is 0.250. The van der Waals surface area contributed by atoms with Crippen LogP contribution in [0.1, 0.15) is 6.92 Å². The van der Waals surface area contributed by atoms with E-state index in [9.17, 15) is 0 Å². The highest BCUT2D eigenvalue weighted by atomic mass is 16.2. The molecule has 0 unspecified atom stereocenters. The third-order valence-electron chi connectivity index (χ3n) is 0.167. The van der Waals surface area contributed by atoms with Crippen molar-refractivity contribution >= 4 is 0 Å². The fraction of sp³-hybridized carbons (Fsp3) is 0.250. The van der Waals surface area contributed by atoms with Crippen LogP contribution in [0.2, 0.25) is 0 Å². The lowest BCUT2D eigenvalue weighted by Crippen LogP contribution is -1.57. The van der Waals surface area contributed by atoms with Gasteiger partial charge in [-0.05, 0) is 6.92 Å². The highest BCUT2D eigenvalue weighted by molar-refractivity contribution is 4.88. The molecule has 1 nitrogen and oxygen atoms in total. The molecule has 1 heteroatoms. The van der Waals surface area contributed by atoms with Crippen molar-refractivity contribution in [2.45, 2.75) is 6.92 Å². The number of aliphatic hydroxyl groups is 1. The summed E-state index contributed by atoms with van der Waals surface area (Å²) in [5.74, 6) is 0. The number of aliphatic hydroxyl groups excluding tert-OH is 1. The van der Waals surface area contributed by atoms with Gasteiger partial charge in [-0.1, -0.05) is 25.3 Å². The van der Waals surface area contributed by atoms with Crippen LogP contribution >= 0.6 is 0 Å². The molecule has 0 aromatic carbocycles. The molecule has 0 aliphatic rings. The molecule has 0 bridgehead atoms. The largest absolute Gasteiger partial charge is 0.397 e. The average Bonchev–Trinajstić information content (AvgIpc) is 1.94. The zero-order chi connectivity index (χ0) is 8.12. The molecule has 0 saturated heterocycles. The summed E-state index contributed by atoms with van der Waals surface area (Å²) in [6, 6.07) is 0. The van der Waals surface area contributed by atoms with Crippen LogP contribution < -0.4 is 0 Å². The van der Waals surface area contributed by atoms with Gasteiger partial charge in [0.25, 0.3) is 0 Å².